The number of carbonyl (C=O) groups excluding carboxylic acids is 1. The molecule has 2 N–H and O–H groups in total. The topological polar surface area (TPSA) is 63.2 Å². The summed E-state index contributed by atoms with van der Waals surface area (Å²) < 4.78 is 6.40. The van der Waals surface area contributed by atoms with E-state index in [-0.39, 0.29) is 17.6 Å². The lowest BCUT2D eigenvalue weighted by Gasteiger charge is -2.10. The molecule has 1 amide bonds. The Morgan fingerprint density at radius 3 is 2.83 bits per heavy atom. The average molecular weight is 462 g/mol. The van der Waals surface area contributed by atoms with E-state index in [4.69, 9.17) is 28.6 Å². The first-order valence-electron chi connectivity index (χ1n) is 6.55. The summed E-state index contributed by atoms with van der Waals surface area (Å²) in [6.45, 7) is 1.71. The van der Waals surface area contributed by atoms with Crippen molar-refractivity contribution in [3.8, 4) is 5.75 Å². The number of anilines is 1. The maximum absolute atomic E-state index is 11.8. The first kappa shape index (κ1) is 17.9. The second-order valence-corrected chi connectivity index (χ2v) is 6.62. The van der Waals surface area contributed by atoms with Gasteiger partial charge in [-0.2, -0.15) is 0 Å². The number of benzene rings is 1. The molecule has 2 aromatic rings. The highest BCUT2D eigenvalue weighted by Crippen LogP contribution is 2.20. The Morgan fingerprint density at radius 2 is 2.17 bits per heavy atom. The number of aryl methyl sites for hydroxylation is 1. The van der Waals surface area contributed by atoms with Gasteiger partial charge in [0, 0.05) is 14.8 Å². The number of hydrogen-bond donors (Lipinski definition) is 2. The van der Waals surface area contributed by atoms with Gasteiger partial charge in [0.05, 0.1) is 0 Å². The SMILES string of the molecule is Cc1cc(OCC(=O)NC(=S)Nc2ccc(I)cn2)ccc1Cl. The van der Waals surface area contributed by atoms with E-state index >= 15 is 0 Å². The van der Waals surface area contributed by atoms with E-state index in [1.54, 1.807) is 30.5 Å². The zero-order valence-electron chi connectivity index (χ0n) is 12.1. The predicted octanol–water partition coefficient (Wildman–Crippen LogP) is 3.54. The molecule has 0 unspecified atom stereocenters. The summed E-state index contributed by atoms with van der Waals surface area (Å²) in [6.07, 6.45) is 1.69. The van der Waals surface area contributed by atoms with Gasteiger partial charge in [-0.05, 0) is 77.6 Å². The monoisotopic (exact) mass is 461 g/mol. The normalized spacial score (nSPS) is 10.0. The van der Waals surface area contributed by atoms with Crippen molar-refractivity contribution in [1.82, 2.24) is 10.3 Å². The molecular weight excluding hydrogens is 449 g/mol. The van der Waals surface area contributed by atoms with Gasteiger partial charge in [-0.15, -0.1) is 0 Å². The molecule has 0 aliphatic carbocycles. The van der Waals surface area contributed by atoms with Crippen molar-refractivity contribution in [2.24, 2.45) is 0 Å². The van der Waals surface area contributed by atoms with Crippen LogP contribution >= 0.6 is 46.4 Å². The predicted molar refractivity (Wildman–Crippen MR) is 103 cm³/mol. The number of carbonyl (C=O) groups is 1. The van der Waals surface area contributed by atoms with Gasteiger partial charge in [0.25, 0.3) is 5.91 Å². The quantitative estimate of drug-likeness (QED) is 0.539. The smallest absolute Gasteiger partial charge is 0.264 e. The molecule has 0 spiro atoms. The number of amides is 1. The van der Waals surface area contributed by atoms with Crippen molar-refractivity contribution >= 4 is 63.2 Å². The Balaban J connectivity index is 1.80. The number of nitrogens with zero attached hydrogens (tertiary/aromatic N) is 1. The highest BCUT2D eigenvalue weighted by molar-refractivity contribution is 14.1. The van der Waals surface area contributed by atoms with Gasteiger partial charge in [-0.25, -0.2) is 4.98 Å². The first-order valence-corrected chi connectivity index (χ1v) is 8.42. The molecule has 0 fully saturated rings. The summed E-state index contributed by atoms with van der Waals surface area (Å²) >= 11 is 13.1. The van der Waals surface area contributed by atoms with Gasteiger partial charge in [-0.3, -0.25) is 10.1 Å². The van der Waals surface area contributed by atoms with E-state index in [2.05, 4.69) is 38.2 Å². The van der Waals surface area contributed by atoms with Crippen molar-refractivity contribution in [1.29, 1.82) is 0 Å². The minimum absolute atomic E-state index is 0.150. The third-order valence-electron chi connectivity index (χ3n) is 2.72. The fourth-order valence-corrected chi connectivity index (χ4v) is 2.27. The van der Waals surface area contributed by atoms with E-state index in [1.165, 1.54) is 0 Å². The van der Waals surface area contributed by atoms with Crippen LogP contribution in [0, 0.1) is 10.5 Å². The first-order chi connectivity index (χ1) is 10.9. The highest BCUT2D eigenvalue weighted by atomic mass is 127. The van der Waals surface area contributed by atoms with Crippen molar-refractivity contribution in [3.05, 3.63) is 50.7 Å². The van der Waals surface area contributed by atoms with Gasteiger partial charge < -0.3 is 10.1 Å². The molecular formula is C15H13ClIN3O2S. The lowest BCUT2D eigenvalue weighted by Crippen LogP contribution is -2.37. The van der Waals surface area contributed by atoms with Crippen molar-refractivity contribution < 1.29 is 9.53 Å². The Morgan fingerprint density at radius 1 is 1.39 bits per heavy atom. The van der Waals surface area contributed by atoms with Gasteiger partial charge >= 0.3 is 0 Å². The number of nitrogens with one attached hydrogen (secondary N) is 2. The van der Waals surface area contributed by atoms with E-state index in [9.17, 15) is 4.79 Å². The van der Waals surface area contributed by atoms with Crippen LogP contribution in [-0.2, 0) is 4.79 Å². The fourth-order valence-electron chi connectivity index (χ4n) is 1.62. The number of ether oxygens (including phenoxy) is 1. The number of thiocarbonyl (C=S) groups is 1. The van der Waals surface area contributed by atoms with Crippen LogP contribution in [0.1, 0.15) is 5.56 Å². The van der Waals surface area contributed by atoms with Crippen LogP contribution in [0.3, 0.4) is 0 Å². The zero-order chi connectivity index (χ0) is 16.8. The summed E-state index contributed by atoms with van der Waals surface area (Å²) in [6, 6.07) is 8.84. The Labute approximate surface area is 157 Å². The Hall–Kier alpha value is -1.45. The molecule has 0 aliphatic rings. The molecule has 1 heterocycles. The molecule has 1 aromatic heterocycles. The number of pyridine rings is 1. The van der Waals surface area contributed by atoms with E-state index < -0.39 is 0 Å². The second-order valence-electron chi connectivity index (χ2n) is 4.56. The van der Waals surface area contributed by atoms with Crippen LogP contribution in [0.15, 0.2) is 36.5 Å². The lowest BCUT2D eigenvalue weighted by atomic mass is 10.2. The van der Waals surface area contributed by atoms with Gasteiger partial charge in [0.2, 0.25) is 0 Å². The van der Waals surface area contributed by atoms with Crippen molar-refractivity contribution in [2.75, 3.05) is 11.9 Å². The average Bonchev–Trinajstić information content (AvgIpc) is 2.51. The van der Waals surface area contributed by atoms with Gasteiger partial charge in [-0.1, -0.05) is 11.6 Å². The molecule has 0 atom stereocenters. The third-order valence-corrected chi connectivity index (χ3v) is 3.99. The zero-order valence-corrected chi connectivity index (χ0v) is 15.8. The maximum atomic E-state index is 11.8. The Bertz CT molecular complexity index is 725. The fraction of sp³-hybridized carbons (Fsp3) is 0.133. The van der Waals surface area contributed by atoms with E-state index in [0.717, 1.165) is 9.13 Å². The Kier molecular flexibility index (Phi) is 6.55. The van der Waals surface area contributed by atoms with E-state index in [1.807, 2.05) is 13.0 Å². The number of halogens is 2. The summed E-state index contributed by atoms with van der Waals surface area (Å²) in [4.78, 5) is 15.9. The molecule has 0 bridgehead atoms. The number of rotatable bonds is 4. The molecule has 0 saturated carbocycles. The van der Waals surface area contributed by atoms with Gasteiger partial charge in [0.15, 0.2) is 11.7 Å². The van der Waals surface area contributed by atoms with Crippen LogP contribution in [0.2, 0.25) is 5.02 Å². The standard InChI is InChI=1S/C15H13ClIN3O2S/c1-9-6-11(3-4-12(9)16)22-8-14(21)20-15(23)19-13-5-2-10(17)7-18-13/h2-7H,8H2,1H3,(H2,18,19,20,21,23). The minimum atomic E-state index is -0.361. The second kappa shape index (κ2) is 8.42. The molecule has 8 heteroatoms. The molecule has 120 valence electrons. The molecule has 0 saturated heterocycles. The third kappa shape index (κ3) is 5.92. The highest BCUT2D eigenvalue weighted by Gasteiger charge is 2.07. The lowest BCUT2D eigenvalue weighted by molar-refractivity contribution is -0.121. The summed E-state index contributed by atoms with van der Waals surface area (Å²) in [5.74, 6) is 0.769. The largest absolute Gasteiger partial charge is 0.484 e. The molecule has 5 nitrogen and oxygen atoms in total. The van der Waals surface area contributed by atoms with Crippen LogP contribution in [-0.4, -0.2) is 22.6 Å². The summed E-state index contributed by atoms with van der Waals surface area (Å²) in [7, 11) is 0. The number of aromatic nitrogens is 1. The molecule has 1 aromatic carbocycles. The summed E-state index contributed by atoms with van der Waals surface area (Å²) in [5.41, 5.74) is 0.881. The molecule has 23 heavy (non-hydrogen) atoms. The molecule has 0 radical (unpaired) electrons. The van der Waals surface area contributed by atoms with Crippen LogP contribution in [0.5, 0.6) is 5.75 Å². The maximum Gasteiger partial charge on any atom is 0.264 e. The molecule has 2 rings (SSSR count). The van der Waals surface area contributed by atoms with Gasteiger partial charge in [0.1, 0.15) is 11.6 Å². The number of hydrogen-bond acceptors (Lipinski definition) is 4. The van der Waals surface area contributed by atoms with Crippen molar-refractivity contribution in [2.45, 2.75) is 6.92 Å². The van der Waals surface area contributed by atoms with Crippen molar-refractivity contribution in [3.63, 3.8) is 0 Å². The van der Waals surface area contributed by atoms with Crippen LogP contribution in [0.25, 0.3) is 0 Å². The minimum Gasteiger partial charge on any atom is -0.484 e. The van der Waals surface area contributed by atoms with Crippen LogP contribution < -0.4 is 15.4 Å². The summed E-state index contributed by atoms with van der Waals surface area (Å²) in [5, 5.41) is 6.17. The van der Waals surface area contributed by atoms with Crippen LogP contribution in [0.4, 0.5) is 5.82 Å². The van der Waals surface area contributed by atoms with E-state index in [0.29, 0.717) is 16.6 Å². The molecule has 0 aliphatic heterocycles.